The summed E-state index contributed by atoms with van der Waals surface area (Å²) in [6.45, 7) is 0. The fraction of sp³-hybridized carbons (Fsp3) is 0.625. The zero-order chi connectivity index (χ0) is 12.2. The molecular weight excluding hydrogens is 238 g/mol. The lowest BCUT2D eigenvalue weighted by Gasteiger charge is -2.36. The van der Waals surface area contributed by atoms with Crippen LogP contribution in [0.5, 0.6) is 0 Å². The highest BCUT2D eigenvalue weighted by Crippen LogP contribution is 2.54. The van der Waals surface area contributed by atoms with Gasteiger partial charge in [0, 0.05) is 16.2 Å². The fourth-order valence-electron chi connectivity index (χ4n) is 4.59. The van der Waals surface area contributed by atoms with E-state index in [4.69, 9.17) is 5.73 Å². The molecule has 3 aliphatic rings. The topological polar surface area (TPSA) is 26.0 Å². The van der Waals surface area contributed by atoms with Gasteiger partial charge in [0.1, 0.15) is 0 Å². The third-order valence-electron chi connectivity index (χ3n) is 5.45. The predicted octanol–water partition coefficient (Wildman–Crippen LogP) is 3.78. The first-order chi connectivity index (χ1) is 8.74. The van der Waals surface area contributed by atoms with Crippen LogP contribution in [0.4, 0.5) is 0 Å². The van der Waals surface area contributed by atoms with Crippen LogP contribution in [-0.4, -0.2) is 11.3 Å². The number of nitrogens with two attached hydrogens (primary N) is 1. The van der Waals surface area contributed by atoms with E-state index >= 15 is 0 Å². The minimum absolute atomic E-state index is 0.158. The highest BCUT2D eigenvalue weighted by Gasteiger charge is 2.49. The van der Waals surface area contributed by atoms with Crippen LogP contribution in [0.25, 0.3) is 0 Å². The molecule has 2 saturated carbocycles. The molecule has 2 aliphatic carbocycles. The molecule has 0 aromatic heterocycles. The van der Waals surface area contributed by atoms with Gasteiger partial charge in [-0.3, -0.25) is 0 Å². The smallest absolute Gasteiger partial charge is 0.0191 e. The molecule has 4 rings (SSSR count). The summed E-state index contributed by atoms with van der Waals surface area (Å²) in [5.41, 5.74) is 8.50. The molecule has 2 fully saturated rings. The first-order valence-electron chi connectivity index (χ1n) is 7.25. The predicted molar refractivity (Wildman–Crippen MR) is 76.9 cm³/mol. The zero-order valence-electron chi connectivity index (χ0n) is 10.8. The van der Waals surface area contributed by atoms with Crippen LogP contribution < -0.4 is 5.73 Å². The summed E-state index contributed by atoms with van der Waals surface area (Å²) in [6.07, 6.45) is 6.76. The molecule has 2 heteroatoms. The molecule has 4 unspecified atom stereocenters. The van der Waals surface area contributed by atoms with Crippen molar-refractivity contribution in [3.05, 3.63) is 29.8 Å². The SMILES string of the molecule is NC1(CC2CSc3ccccc32)CC2CCC1C2. The lowest BCUT2D eigenvalue weighted by molar-refractivity contribution is 0.242. The van der Waals surface area contributed by atoms with Gasteiger partial charge in [-0.2, -0.15) is 0 Å². The van der Waals surface area contributed by atoms with Crippen molar-refractivity contribution in [2.45, 2.75) is 48.5 Å². The standard InChI is InChI=1S/C16H21NS/c17-16(8-11-5-6-13(16)7-11)9-12-10-18-15-4-2-1-3-14(12)15/h1-4,11-13H,5-10,17H2. The molecule has 96 valence electrons. The van der Waals surface area contributed by atoms with Crippen molar-refractivity contribution in [3.63, 3.8) is 0 Å². The first-order valence-corrected chi connectivity index (χ1v) is 8.24. The molecule has 4 atom stereocenters. The van der Waals surface area contributed by atoms with Crippen LogP contribution in [0.15, 0.2) is 29.2 Å². The highest BCUT2D eigenvalue weighted by atomic mass is 32.2. The quantitative estimate of drug-likeness (QED) is 0.874. The minimum atomic E-state index is 0.158. The van der Waals surface area contributed by atoms with Gasteiger partial charge >= 0.3 is 0 Å². The summed E-state index contributed by atoms with van der Waals surface area (Å²) < 4.78 is 0. The molecule has 0 amide bonds. The highest BCUT2D eigenvalue weighted by molar-refractivity contribution is 7.99. The average molecular weight is 259 g/mol. The maximum atomic E-state index is 6.77. The average Bonchev–Trinajstić information content (AvgIpc) is 3.04. The van der Waals surface area contributed by atoms with E-state index in [1.807, 2.05) is 11.8 Å². The summed E-state index contributed by atoms with van der Waals surface area (Å²) in [5, 5.41) is 0. The van der Waals surface area contributed by atoms with Gasteiger partial charge in [0.2, 0.25) is 0 Å². The zero-order valence-corrected chi connectivity index (χ0v) is 11.6. The Labute approximate surface area is 114 Å². The van der Waals surface area contributed by atoms with E-state index in [0.717, 1.165) is 11.8 Å². The van der Waals surface area contributed by atoms with Gasteiger partial charge in [-0.25, -0.2) is 0 Å². The first kappa shape index (κ1) is 11.4. The van der Waals surface area contributed by atoms with Crippen molar-refractivity contribution in [1.82, 2.24) is 0 Å². The van der Waals surface area contributed by atoms with E-state index in [0.29, 0.717) is 5.92 Å². The molecule has 1 heterocycles. The third kappa shape index (κ3) is 1.65. The number of rotatable bonds is 2. The van der Waals surface area contributed by atoms with Crippen molar-refractivity contribution >= 4 is 11.8 Å². The van der Waals surface area contributed by atoms with Crippen LogP contribution >= 0.6 is 11.8 Å². The number of hydrogen-bond donors (Lipinski definition) is 1. The molecule has 2 bridgehead atoms. The Morgan fingerprint density at radius 3 is 2.94 bits per heavy atom. The van der Waals surface area contributed by atoms with Crippen LogP contribution in [0.2, 0.25) is 0 Å². The molecular formula is C16H21NS. The second kappa shape index (κ2) is 4.01. The molecule has 0 radical (unpaired) electrons. The van der Waals surface area contributed by atoms with Gasteiger partial charge < -0.3 is 5.73 Å². The van der Waals surface area contributed by atoms with E-state index in [9.17, 15) is 0 Å². The summed E-state index contributed by atoms with van der Waals surface area (Å²) in [4.78, 5) is 1.49. The molecule has 0 spiro atoms. The van der Waals surface area contributed by atoms with Crippen molar-refractivity contribution in [2.24, 2.45) is 17.6 Å². The molecule has 0 saturated heterocycles. The molecule has 18 heavy (non-hydrogen) atoms. The Morgan fingerprint density at radius 2 is 2.17 bits per heavy atom. The van der Waals surface area contributed by atoms with Crippen molar-refractivity contribution in [3.8, 4) is 0 Å². The molecule has 1 aromatic rings. The Morgan fingerprint density at radius 1 is 1.28 bits per heavy atom. The molecule has 1 aliphatic heterocycles. The van der Waals surface area contributed by atoms with Gasteiger partial charge in [0.15, 0.2) is 0 Å². The molecule has 2 N–H and O–H groups in total. The summed E-state index contributed by atoms with van der Waals surface area (Å²) in [7, 11) is 0. The molecule has 1 nitrogen and oxygen atoms in total. The Kier molecular flexibility index (Phi) is 2.53. The van der Waals surface area contributed by atoms with Gasteiger partial charge in [0.05, 0.1) is 0 Å². The van der Waals surface area contributed by atoms with E-state index in [2.05, 4.69) is 24.3 Å². The third-order valence-corrected chi connectivity index (χ3v) is 6.70. The summed E-state index contributed by atoms with van der Waals surface area (Å²) in [5.74, 6) is 3.72. The maximum absolute atomic E-state index is 6.77. The number of benzene rings is 1. The Balaban J connectivity index is 1.56. The van der Waals surface area contributed by atoms with Gasteiger partial charge in [-0.15, -0.1) is 11.8 Å². The Hall–Kier alpha value is -0.470. The second-order valence-corrected chi connectivity index (χ2v) is 7.63. The van der Waals surface area contributed by atoms with Gasteiger partial charge in [-0.1, -0.05) is 24.6 Å². The van der Waals surface area contributed by atoms with Crippen LogP contribution in [-0.2, 0) is 0 Å². The van der Waals surface area contributed by atoms with E-state index < -0.39 is 0 Å². The van der Waals surface area contributed by atoms with Crippen LogP contribution in [0.1, 0.15) is 43.6 Å². The van der Waals surface area contributed by atoms with Crippen LogP contribution in [0, 0.1) is 11.8 Å². The van der Waals surface area contributed by atoms with Crippen LogP contribution in [0.3, 0.4) is 0 Å². The van der Waals surface area contributed by atoms with Crippen molar-refractivity contribution in [1.29, 1.82) is 0 Å². The van der Waals surface area contributed by atoms with Crippen molar-refractivity contribution < 1.29 is 0 Å². The maximum Gasteiger partial charge on any atom is 0.0191 e. The Bertz CT molecular complexity index is 472. The monoisotopic (exact) mass is 259 g/mol. The lowest BCUT2D eigenvalue weighted by Crippen LogP contribution is -2.46. The van der Waals surface area contributed by atoms with E-state index in [1.165, 1.54) is 42.8 Å². The van der Waals surface area contributed by atoms with Gasteiger partial charge in [0.25, 0.3) is 0 Å². The van der Waals surface area contributed by atoms with E-state index in [1.54, 1.807) is 5.56 Å². The number of thioether (sulfide) groups is 1. The minimum Gasteiger partial charge on any atom is -0.325 e. The lowest BCUT2D eigenvalue weighted by atomic mass is 9.75. The number of fused-ring (bicyclic) bond motifs is 3. The number of hydrogen-bond acceptors (Lipinski definition) is 2. The van der Waals surface area contributed by atoms with Crippen molar-refractivity contribution in [2.75, 3.05) is 5.75 Å². The van der Waals surface area contributed by atoms with Gasteiger partial charge in [-0.05, 0) is 55.1 Å². The van der Waals surface area contributed by atoms with E-state index in [-0.39, 0.29) is 5.54 Å². The normalized spacial score (nSPS) is 41.3. The largest absolute Gasteiger partial charge is 0.325 e. The summed E-state index contributed by atoms with van der Waals surface area (Å²) in [6, 6.07) is 8.92. The summed E-state index contributed by atoms with van der Waals surface area (Å²) >= 11 is 2.02. The molecule has 1 aromatic carbocycles. The fourth-order valence-corrected chi connectivity index (χ4v) is 5.85. The second-order valence-electron chi connectivity index (χ2n) is 6.56.